The van der Waals surface area contributed by atoms with Gasteiger partial charge in [-0.15, -0.1) is 0 Å². The fraction of sp³-hybridized carbons (Fsp3) is 0.500. The molecule has 0 unspecified atom stereocenters. The Morgan fingerprint density at radius 2 is 2.12 bits per heavy atom. The lowest BCUT2D eigenvalue weighted by atomic mass is 10.0. The minimum Gasteiger partial charge on any atom is -0.493 e. The zero-order valence-corrected chi connectivity index (χ0v) is 10.3. The number of hydrogen-bond donors (Lipinski definition) is 2. The molecule has 1 fully saturated rings. The van der Waals surface area contributed by atoms with Gasteiger partial charge in [0.05, 0.1) is 12.4 Å². The molecule has 1 saturated carbocycles. The van der Waals surface area contributed by atoms with Gasteiger partial charge in [-0.1, -0.05) is 25.1 Å². The Kier molecular flexibility index (Phi) is 3.36. The fourth-order valence-electron chi connectivity index (χ4n) is 2.12. The van der Waals surface area contributed by atoms with E-state index in [0.717, 1.165) is 25.0 Å². The van der Waals surface area contributed by atoms with E-state index in [0.29, 0.717) is 13.0 Å². The van der Waals surface area contributed by atoms with Crippen molar-refractivity contribution in [2.24, 2.45) is 11.1 Å². The molecule has 0 amide bonds. The molecular formula is C14H20N2O. The van der Waals surface area contributed by atoms with Crippen molar-refractivity contribution >= 4 is 5.84 Å². The zero-order valence-electron chi connectivity index (χ0n) is 10.3. The number of para-hydroxylation sites is 1. The van der Waals surface area contributed by atoms with Gasteiger partial charge >= 0.3 is 0 Å². The molecule has 3 N–H and O–H groups in total. The van der Waals surface area contributed by atoms with Crippen LogP contribution in [0.2, 0.25) is 0 Å². The van der Waals surface area contributed by atoms with Crippen LogP contribution in [0.1, 0.15) is 31.7 Å². The van der Waals surface area contributed by atoms with E-state index in [4.69, 9.17) is 15.9 Å². The summed E-state index contributed by atoms with van der Waals surface area (Å²) in [5.74, 6) is 1.25. The molecule has 0 atom stereocenters. The second-order valence-electron chi connectivity index (χ2n) is 4.95. The quantitative estimate of drug-likeness (QED) is 0.585. The van der Waals surface area contributed by atoms with Crippen molar-refractivity contribution in [1.29, 1.82) is 5.41 Å². The van der Waals surface area contributed by atoms with E-state index in [1.54, 1.807) is 0 Å². The highest BCUT2D eigenvalue weighted by Crippen LogP contribution is 2.49. The molecule has 0 heterocycles. The molecular weight excluding hydrogens is 212 g/mol. The van der Waals surface area contributed by atoms with E-state index in [-0.39, 0.29) is 11.3 Å². The largest absolute Gasteiger partial charge is 0.493 e. The monoisotopic (exact) mass is 232 g/mol. The van der Waals surface area contributed by atoms with Crippen molar-refractivity contribution in [3.63, 3.8) is 0 Å². The summed E-state index contributed by atoms with van der Waals surface area (Å²) in [6.45, 7) is 2.81. The Labute approximate surface area is 102 Å². The van der Waals surface area contributed by atoms with Gasteiger partial charge in [-0.2, -0.15) is 0 Å². The second kappa shape index (κ2) is 4.78. The molecule has 3 heteroatoms. The number of ether oxygens (including phenoxy) is 1. The number of nitrogens with two attached hydrogens (primary N) is 1. The van der Waals surface area contributed by atoms with Crippen LogP contribution in [0, 0.1) is 10.8 Å². The first-order chi connectivity index (χ1) is 8.15. The lowest BCUT2D eigenvalue weighted by Crippen LogP contribution is -2.22. The first-order valence-corrected chi connectivity index (χ1v) is 6.19. The third-order valence-corrected chi connectivity index (χ3v) is 3.41. The number of amidine groups is 1. The Bertz CT molecular complexity index is 410. The number of hydrogen-bond acceptors (Lipinski definition) is 2. The van der Waals surface area contributed by atoms with Gasteiger partial charge in [0.15, 0.2) is 0 Å². The van der Waals surface area contributed by atoms with Crippen LogP contribution in [0.15, 0.2) is 24.3 Å². The lowest BCUT2D eigenvalue weighted by Gasteiger charge is -2.17. The summed E-state index contributed by atoms with van der Waals surface area (Å²) in [6.07, 6.45) is 3.90. The average Bonchev–Trinajstić information content (AvgIpc) is 3.06. The van der Waals surface area contributed by atoms with Crippen LogP contribution in [0.4, 0.5) is 0 Å². The number of benzene rings is 1. The summed E-state index contributed by atoms with van der Waals surface area (Å²) < 4.78 is 5.90. The Morgan fingerprint density at radius 3 is 2.71 bits per heavy atom. The predicted molar refractivity (Wildman–Crippen MR) is 69.5 cm³/mol. The van der Waals surface area contributed by atoms with Crippen LogP contribution >= 0.6 is 0 Å². The maximum absolute atomic E-state index is 7.37. The maximum atomic E-state index is 7.37. The van der Waals surface area contributed by atoms with Crippen molar-refractivity contribution in [2.75, 3.05) is 6.61 Å². The molecule has 0 aromatic heterocycles. The molecule has 1 aliphatic carbocycles. The van der Waals surface area contributed by atoms with Crippen LogP contribution in [0.25, 0.3) is 0 Å². The minimum atomic E-state index is 0.146. The molecule has 0 bridgehead atoms. The van der Waals surface area contributed by atoms with Gasteiger partial charge in [0.25, 0.3) is 0 Å². The Hall–Kier alpha value is -1.51. The van der Waals surface area contributed by atoms with Gasteiger partial charge in [0.1, 0.15) is 5.75 Å². The minimum absolute atomic E-state index is 0.146. The van der Waals surface area contributed by atoms with Gasteiger partial charge in [0.2, 0.25) is 0 Å². The first kappa shape index (κ1) is 12.0. The molecule has 3 nitrogen and oxygen atoms in total. The van der Waals surface area contributed by atoms with Crippen LogP contribution in [0.3, 0.4) is 0 Å². The molecule has 0 aliphatic heterocycles. The smallest absolute Gasteiger partial charge is 0.122 e. The third kappa shape index (κ3) is 2.99. The maximum Gasteiger partial charge on any atom is 0.122 e. The van der Waals surface area contributed by atoms with Gasteiger partial charge in [-0.3, -0.25) is 5.41 Å². The van der Waals surface area contributed by atoms with Crippen molar-refractivity contribution in [2.45, 2.75) is 32.6 Å². The van der Waals surface area contributed by atoms with Crippen LogP contribution in [-0.4, -0.2) is 12.4 Å². The van der Waals surface area contributed by atoms with E-state index in [9.17, 15) is 0 Å². The van der Waals surface area contributed by atoms with E-state index in [2.05, 4.69) is 13.0 Å². The van der Waals surface area contributed by atoms with Crippen LogP contribution in [0.5, 0.6) is 5.75 Å². The van der Waals surface area contributed by atoms with Crippen LogP contribution < -0.4 is 10.5 Å². The highest BCUT2D eigenvalue weighted by Gasteiger charge is 2.44. The first-order valence-electron chi connectivity index (χ1n) is 6.19. The highest BCUT2D eigenvalue weighted by molar-refractivity contribution is 5.78. The number of aryl methyl sites for hydroxylation is 1. The molecule has 0 radical (unpaired) electrons. The molecule has 92 valence electrons. The number of nitrogens with one attached hydrogen (secondary N) is 1. The third-order valence-electron chi connectivity index (χ3n) is 3.41. The second-order valence-corrected chi connectivity index (χ2v) is 4.95. The highest BCUT2D eigenvalue weighted by atomic mass is 16.5. The summed E-state index contributed by atoms with van der Waals surface area (Å²) >= 11 is 0. The van der Waals surface area contributed by atoms with Crippen molar-refractivity contribution in [1.82, 2.24) is 0 Å². The summed E-state index contributed by atoms with van der Waals surface area (Å²) in [5.41, 5.74) is 6.86. The summed E-state index contributed by atoms with van der Waals surface area (Å²) in [7, 11) is 0. The average molecular weight is 232 g/mol. The molecule has 0 saturated heterocycles. The predicted octanol–water partition coefficient (Wildman–Crippen LogP) is 2.73. The Balaban J connectivity index is 1.96. The normalized spacial score (nSPS) is 16.5. The summed E-state index contributed by atoms with van der Waals surface area (Å²) in [4.78, 5) is 0. The van der Waals surface area contributed by atoms with Crippen LogP contribution in [-0.2, 0) is 6.42 Å². The van der Waals surface area contributed by atoms with E-state index in [1.165, 1.54) is 5.56 Å². The number of rotatable bonds is 6. The SMILES string of the molecule is CCc1ccccc1OCC1(CC(=N)N)CC1. The standard InChI is InChI=1S/C14H20N2O/c1-2-11-5-3-4-6-12(11)17-10-14(7-8-14)9-13(15)16/h3-6H,2,7-10H2,1H3,(H3,15,16). The van der Waals surface area contributed by atoms with E-state index < -0.39 is 0 Å². The topological polar surface area (TPSA) is 59.1 Å². The zero-order chi connectivity index (χ0) is 12.3. The lowest BCUT2D eigenvalue weighted by molar-refractivity contribution is 0.236. The molecule has 0 spiro atoms. The van der Waals surface area contributed by atoms with Gasteiger partial charge in [-0.25, -0.2) is 0 Å². The van der Waals surface area contributed by atoms with Crippen molar-refractivity contribution in [3.05, 3.63) is 29.8 Å². The van der Waals surface area contributed by atoms with Crippen molar-refractivity contribution < 1.29 is 4.74 Å². The summed E-state index contributed by atoms with van der Waals surface area (Å²) in [5, 5.41) is 7.37. The molecule has 1 aromatic rings. The molecule has 2 rings (SSSR count). The van der Waals surface area contributed by atoms with Crippen molar-refractivity contribution in [3.8, 4) is 5.75 Å². The van der Waals surface area contributed by atoms with E-state index in [1.807, 2.05) is 18.2 Å². The Morgan fingerprint density at radius 1 is 1.41 bits per heavy atom. The fourth-order valence-corrected chi connectivity index (χ4v) is 2.12. The van der Waals surface area contributed by atoms with Gasteiger partial charge in [0, 0.05) is 11.8 Å². The molecule has 17 heavy (non-hydrogen) atoms. The molecule has 1 aromatic carbocycles. The molecule has 1 aliphatic rings. The van der Waals surface area contributed by atoms with Gasteiger partial charge in [-0.05, 0) is 30.9 Å². The summed E-state index contributed by atoms with van der Waals surface area (Å²) in [6, 6.07) is 8.15. The van der Waals surface area contributed by atoms with Gasteiger partial charge < -0.3 is 10.5 Å². The van der Waals surface area contributed by atoms with E-state index >= 15 is 0 Å².